The molecule has 0 saturated heterocycles. The molecule has 0 radical (unpaired) electrons. The van der Waals surface area contributed by atoms with Crippen LogP contribution in [0, 0.1) is 0 Å². The van der Waals surface area contributed by atoms with Crippen LogP contribution in [0.25, 0.3) is 5.78 Å². The van der Waals surface area contributed by atoms with Crippen LogP contribution in [0.5, 0.6) is 0 Å². The molecule has 0 aliphatic carbocycles. The van der Waals surface area contributed by atoms with Crippen LogP contribution in [0.15, 0.2) is 21.7 Å². The van der Waals surface area contributed by atoms with Crippen molar-refractivity contribution >= 4 is 21.7 Å². The van der Waals surface area contributed by atoms with Gasteiger partial charge in [-0.3, -0.25) is 0 Å². The van der Waals surface area contributed by atoms with Crippen molar-refractivity contribution < 1.29 is 0 Å². The molecule has 0 spiro atoms. The minimum atomic E-state index is -0.317. The number of rotatable bonds is 2. The molecule has 0 saturated carbocycles. The van der Waals surface area contributed by atoms with Gasteiger partial charge in [0, 0.05) is 19.4 Å². The monoisotopic (exact) mass is 310 g/mol. The third kappa shape index (κ3) is 1.79. The molecule has 0 bridgehead atoms. The maximum absolute atomic E-state index is 11.6. The fourth-order valence-electron chi connectivity index (χ4n) is 1.45. The summed E-state index contributed by atoms with van der Waals surface area (Å²) >= 11 is 3.29. The lowest BCUT2D eigenvalue weighted by Crippen LogP contribution is -2.24. The maximum Gasteiger partial charge on any atom is 0.363 e. The van der Waals surface area contributed by atoms with Gasteiger partial charge in [0.15, 0.2) is 5.82 Å². The van der Waals surface area contributed by atoms with Crippen molar-refractivity contribution in [1.82, 2.24) is 39.4 Å². The Kier molecular flexibility index (Phi) is 2.44. The molecule has 3 aromatic heterocycles. The highest BCUT2D eigenvalue weighted by atomic mass is 79.9. The number of nitrogens with zero attached hydrogens (tertiary/aromatic N) is 8. The Morgan fingerprint density at radius 2 is 2.22 bits per heavy atom. The third-order valence-corrected chi connectivity index (χ3v) is 2.69. The highest BCUT2D eigenvalue weighted by Crippen LogP contribution is 2.07. The van der Waals surface area contributed by atoms with Crippen LogP contribution < -0.4 is 5.69 Å². The Hall–Kier alpha value is -2.10. The second kappa shape index (κ2) is 3.98. The van der Waals surface area contributed by atoms with E-state index in [1.54, 1.807) is 12.4 Å². The Morgan fingerprint density at radius 3 is 2.94 bits per heavy atom. The molecule has 18 heavy (non-hydrogen) atoms. The predicted molar refractivity (Wildman–Crippen MR) is 62.8 cm³/mol. The smallest absolute Gasteiger partial charge is 0.244 e. The average Bonchev–Trinajstić information content (AvgIpc) is 2.86. The summed E-state index contributed by atoms with van der Waals surface area (Å²) in [4.78, 5) is 19.8. The first kappa shape index (κ1) is 11.0. The lowest BCUT2D eigenvalue weighted by Gasteiger charge is -1.91. The normalized spacial score (nSPS) is 11.2. The molecule has 0 aliphatic rings. The van der Waals surface area contributed by atoms with E-state index in [9.17, 15) is 4.79 Å². The molecule has 0 amide bonds. The van der Waals surface area contributed by atoms with Gasteiger partial charge in [0.2, 0.25) is 0 Å². The summed E-state index contributed by atoms with van der Waals surface area (Å²) in [6.07, 6.45) is 3.36. The first-order valence-corrected chi connectivity index (χ1v) is 5.76. The molecule has 10 heteroatoms. The SMILES string of the molecule is Cn1nnn(Cc2nc3ncc(Br)cn3n2)c1=O. The van der Waals surface area contributed by atoms with E-state index in [0.717, 1.165) is 9.15 Å². The number of fused-ring (bicyclic) bond motifs is 1. The van der Waals surface area contributed by atoms with Gasteiger partial charge in [0.05, 0.1) is 4.47 Å². The molecule has 0 aliphatic heterocycles. The van der Waals surface area contributed by atoms with Gasteiger partial charge in [-0.05, 0) is 26.4 Å². The summed E-state index contributed by atoms with van der Waals surface area (Å²) in [5, 5.41) is 11.5. The van der Waals surface area contributed by atoms with Crippen molar-refractivity contribution in [3.63, 3.8) is 0 Å². The number of hydrogen-bond donors (Lipinski definition) is 0. The Bertz CT molecular complexity index is 771. The van der Waals surface area contributed by atoms with Gasteiger partial charge in [0.25, 0.3) is 5.78 Å². The highest BCUT2D eigenvalue weighted by molar-refractivity contribution is 9.10. The van der Waals surface area contributed by atoms with Gasteiger partial charge in [-0.15, -0.1) is 5.10 Å². The van der Waals surface area contributed by atoms with E-state index >= 15 is 0 Å². The van der Waals surface area contributed by atoms with Crippen molar-refractivity contribution in [3.05, 3.63) is 33.2 Å². The molecule has 0 fully saturated rings. The minimum absolute atomic E-state index is 0.160. The molecule has 0 atom stereocenters. The average molecular weight is 311 g/mol. The van der Waals surface area contributed by atoms with Gasteiger partial charge in [-0.2, -0.15) is 14.3 Å². The van der Waals surface area contributed by atoms with Gasteiger partial charge in [-0.25, -0.2) is 14.3 Å². The second-order valence-electron chi connectivity index (χ2n) is 3.59. The van der Waals surface area contributed by atoms with Gasteiger partial charge >= 0.3 is 5.69 Å². The van der Waals surface area contributed by atoms with Crippen molar-refractivity contribution in [2.75, 3.05) is 0 Å². The van der Waals surface area contributed by atoms with Gasteiger partial charge < -0.3 is 0 Å². The predicted octanol–water partition coefficient (Wildman–Crippen LogP) is -0.775. The van der Waals surface area contributed by atoms with Crippen LogP contribution in [-0.4, -0.2) is 39.4 Å². The molecule has 0 unspecified atom stereocenters. The number of halogens is 1. The fraction of sp³-hybridized carbons (Fsp3) is 0.250. The van der Waals surface area contributed by atoms with E-state index in [1.165, 1.54) is 16.2 Å². The Balaban J connectivity index is 2.00. The van der Waals surface area contributed by atoms with E-state index in [0.29, 0.717) is 11.6 Å². The first-order chi connectivity index (χ1) is 8.63. The summed E-state index contributed by atoms with van der Waals surface area (Å²) in [6.45, 7) is 0.160. The van der Waals surface area contributed by atoms with Crippen molar-refractivity contribution in [2.45, 2.75) is 6.54 Å². The zero-order valence-corrected chi connectivity index (χ0v) is 10.8. The maximum atomic E-state index is 11.6. The molecular formula is C8H7BrN8O. The molecule has 3 rings (SSSR count). The molecule has 0 N–H and O–H groups in total. The highest BCUT2D eigenvalue weighted by Gasteiger charge is 2.09. The third-order valence-electron chi connectivity index (χ3n) is 2.28. The van der Waals surface area contributed by atoms with Crippen molar-refractivity contribution in [2.24, 2.45) is 7.05 Å². The molecule has 92 valence electrons. The first-order valence-electron chi connectivity index (χ1n) is 4.97. The quantitative estimate of drug-likeness (QED) is 0.616. The summed E-state index contributed by atoms with van der Waals surface area (Å²) < 4.78 is 4.65. The second-order valence-corrected chi connectivity index (χ2v) is 4.50. The van der Waals surface area contributed by atoms with Crippen molar-refractivity contribution in [1.29, 1.82) is 0 Å². The molecule has 9 nitrogen and oxygen atoms in total. The van der Waals surface area contributed by atoms with Gasteiger partial charge in [-0.1, -0.05) is 0 Å². The lowest BCUT2D eigenvalue weighted by molar-refractivity contribution is 0.608. The standard InChI is InChI=1S/C8H7BrN8O/c1-15-8(18)17(14-13-15)4-6-11-7-10-2-5(9)3-16(7)12-6/h2-3H,4H2,1H3. The molecular weight excluding hydrogens is 304 g/mol. The Labute approximate surface area is 108 Å². The Morgan fingerprint density at radius 1 is 1.39 bits per heavy atom. The van der Waals surface area contributed by atoms with E-state index in [-0.39, 0.29) is 12.2 Å². The largest absolute Gasteiger partial charge is 0.363 e. The van der Waals surface area contributed by atoms with E-state index in [2.05, 4.69) is 41.4 Å². The number of tetrazole rings is 1. The van der Waals surface area contributed by atoms with Crippen LogP contribution in [0.3, 0.4) is 0 Å². The summed E-state index contributed by atoms with van der Waals surface area (Å²) in [5.74, 6) is 0.910. The topological polar surface area (TPSA) is 95.8 Å². The van der Waals surface area contributed by atoms with Crippen LogP contribution in [-0.2, 0) is 13.6 Å². The van der Waals surface area contributed by atoms with Crippen molar-refractivity contribution in [3.8, 4) is 0 Å². The summed E-state index contributed by atoms with van der Waals surface area (Å²) in [6, 6.07) is 0. The zero-order valence-electron chi connectivity index (χ0n) is 9.23. The van der Waals surface area contributed by atoms with Crippen LogP contribution in [0.2, 0.25) is 0 Å². The van der Waals surface area contributed by atoms with Crippen LogP contribution in [0.1, 0.15) is 5.82 Å². The minimum Gasteiger partial charge on any atom is -0.244 e. The fourth-order valence-corrected chi connectivity index (χ4v) is 1.75. The zero-order chi connectivity index (χ0) is 12.7. The molecule has 0 aromatic carbocycles. The van der Waals surface area contributed by atoms with E-state index in [4.69, 9.17) is 0 Å². The molecule has 3 aromatic rings. The molecule has 3 heterocycles. The number of aromatic nitrogens is 8. The van der Waals surface area contributed by atoms with E-state index in [1.807, 2.05) is 0 Å². The summed E-state index contributed by atoms with van der Waals surface area (Å²) in [7, 11) is 1.53. The van der Waals surface area contributed by atoms with Crippen LogP contribution in [0.4, 0.5) is 0 Å². The number of aryl methyl sites for hydroxylation is 1. The van der Waals surface area contributed by atoms with Gasteiger partial charge in [0.1, 0.15) is 6.54 Å². The number of hydrogen-bond acceptors (Lipinski definition) is 6. The lowest BCUT2D eigenvalue weighted by atomic mass is 10.6. The van der Waals surface area contributed by atoms with E-state index < -0.39 is 0 Å². The summed E-state index contributed by atoms with van der Waals surface area (Å²) in [5.41, 5.74) is -0.317. The van der Waals surface area contributed by atoms with Crippen LogP contribution >= 0.6 is 15.9 Å².